The molecule has 0 bridgehead atoms. The Kier molecular flexibility index (Phi) is 6.92. The average molecular weight is 509 g/mol. The third kappa shape index (κ3) is 5.21. The molecule has 0 spiro atoms. The molecule has 0 unspecified atom stereocenters. The number of rotatable bonds is 7. The number of benzene rings is 2. The van der Waals surface area contributed by atoms with Crippen LogP contribution in [0.1, 0.15) is 12.1 Å². The van der Waals surface area contributed by atoms with Gasteiger partial charge in [-0.05, 0) is 36.4 Å². The highest BCUT2D eigenvalue weighted by atomic mass is 32.1. The molecule has 186 valence electrons. The summed E-state index contributed by atoms with van der Waals surface area (Å²) in [7, 11) is 1.56. The SMILES string of the molecule is CNC(=O)CCc1nc2cc(N3CCOCC3)c(Nc3nc(-c4ccc(F)cc4)cs3)cc2[nH]c1=O. The lowest BCUT2D eigenvalue weighted by molar-refractivity contribution is -0.120. The smallest absolute Gasteiger partial charge is 0.270 e. The van der Waals surface area contributed by atoms with Crippen LogP contribution in [-0.4, -0.2) is 54.2 Å². The summed E-state index contributed by atoms with van der Waals surface area (Å²) in [4.78, 5) is 38.7. The summed E-state index contributed by atoms with van der Waals surface area (Å²) in [5, 5.41) is 8.53. The molecule has 2 aromatic heterocycles. The van der Waals surface area contributed by atoms with Gasteiger partial charge in [-0.2, -0.15) is 0 Å². The van der Waals surface area contributed by atoms with Gasteiger partial charge in [0.2, 0.25) is 5.91 Å². The molecule has 1 fully saturated rings. The van der Waals surface area contributed by atoms with Gasteiger partial charge in [-0.25, -0.2) is 14.4 Å². The summed E-state index contributed by atoms with van der Waals surface area (Å²) in [6.07, 6.45) is 0.442. The summed E-state index contributed by atoms with van der Waals surface area (Å²) in [5.41, 5.74) is 4.49. The topological polar surface area (TPSA) is 112 Å². The number of morpholine rings is 1. The average Bonchev–Trinajstić information content (AvgIpc) is 3.36. The second kappa shape index (κ2) is 10.4. The Balaban J connectivity index is 1.50. The van der Waals surface area contributed by atoms with E-state index in [-0.39, 0.29) is 30.1 Å². The van der Waals surface area contributed by atoms with Crippen LogP contribution in [-0.2, 0) is 16.0 Å². The van der Waals surface area contributed by atoms with Crippen molar-refractivity contribution in [1.29, 1.82) is 0 Å². The van der Waals surface area contributed by atoms with E-state index in [9.17, 15) is 14.0 Å². The van der Waals surface area contributed by atoms with Crippen molar-refractivity contribution in [2.45, 2.75) is 12.8 Å². The lowest BCUT2D eigenvalue weighted by Crippen LogP contribution is -2.36. The molecular weight excluding hydrogens is 483 g/mol. The number of hydrogen-bond acceptors (Lipinski definition) is 8. The molecular formula is C25H25FN6O3S. The van der Waals surface area contributed by atoms with Gasteiger partial charge in [-0.1, -0.05) is 0 Å². The lowest BCUT2D eigenvalue weighted by Gasteiger charge is -2.30. The molecule has 3 heterocycles. The van der Waals surface area contributed by atoms with Crippen LogP contribution in [0.4, 0.5) is 20.9 Å². The Morgan fingerprint density at radius 1 is 1.19 bits per heavy atom. The van der Waals surface area contributed by atoms with Gasteiger partial charge in [0.05, 0.1) is 41.3 Å². The van der Waals surface area contributed by atoms with E-state index in [1.165, 1.54) is 23.5 Å². The number of amides is 1. The Hall–Kier alpha value is -3.83. The summed E-state index contributed by atoms with van der Waals surface area (Å²) < 4.78 is 18.8. The summed E-state index contributed by atoms with van der Waals surface area (Å²) in [6, 6.07) is 10.0. The van der Waals surface area contributed by atoms with Crippen molar-refractivity contribution < 1.29 is 13.9 Å². The summed E-state index contributed by atoms with van der Waals surface area (Å²) >= 11 is 1.44. The number of hydrogen-bond donors (Lipinski definition) is 3. The van der Waals surface area contributed by atoms with Crippen LogP contribution in [0.15, 0.2) is 46.6 Å². The van der Waals surface area contributed by atoms with Crippen molar-refractivity contribution >= 4 is 44.8 Å². The van der Waals surface area contributed by atoms with Gasteiger partial charge in [0, 0.05) is 43.9 Å². The highest BCUT2D eigenvalue weighted by Crippen LogP contribution is 2.35. The molecule has 0 atom stereocenters. The van der Waals surface area contributed by atoms with E-state index >= 15 is 0 Å². The maximum Gasteiger partial charge on any atom is 0.270 e. The monoisotopic (exact) mass is 508 g/mol. The first-order valence-corrected chi connectivity index (χ1v) is 12.5. The van der Waals surface area contributed by atoms with Crippen LogP contribution < -0.4 is 21.1 Å². The number of fused-ring (bicyclic) bond motifs is 1. The fourth-order valence-electron chi connectivity index (χ4n) is 4.05. The molecule has 0 saturated carbocycles. The van der Waals surface area contributed by atoms with Gasteiger partial charge in [0.15, 0.2) is 5.13 Å². The van der Waals surface area contributed by atoms with Gasteiger partial charge < -0.3 is 25.3 Å². The third-order valence-corrected chi connectivity index (χ3v) is 6.74. The fourth-order valence-corrected chi connectivity index (χ4v) is 4.78. The van der Waals surface area contributed by atoms with Crippen molar-refractivity contribution in [3.8, 4) is 11.3 Å². The van der Waals surface area contributed by atoms with E-state index < -0.39 is 0 Å². The van der Waals surface area contributed by atoms with Crippen LogP contribution in [0.3, 0.4) is 0 Å². The van der Waals surface area contributed by atoms with Crippen molar-refractivity contribution in [3.05, 3.63) is 63.6 Å². The number of ether oxygens (including phenoxy) is 1. The predicted molar refractivity (Wildman–Crippen MR) is 139 cm³/mol. The van der Waals surface area contributed by atoms with E-state index in [1.54, 1.807) is 19.2 Å². The number of aromatic nitrogens is 3. The summed E-state index contributed by atoms with van der Waals surface area (Å²) in [5.74, 6) is -0.439. The standard InChI is InChI=1S/C25H25FN6O3S/c1-27-23(33)7-6-17-24(34)29-18-12-20(22(13-19(18)28-17)32-8-10-35-11-9-32)30-25-31-21(14-36-25)15-2-4-16(26)5-3-15/h2-5,12-14H,6-11H2,1H3,(H,27,33)(H,29,34)(H,30,31). The van der Waals surface area contributed by atoms with E-state index in [4.69, 9.17) is 4.74 Å². The van der Waals surface area contributed by atoms with Crippen LogP contribution in [0, 0.1) is 5.82 Å². The Bertz CT molecular complexity index is 1450. The highest BCUT2D eigenvalue weighted by Gasteiger charge is 2.19. The number of thiazole rings is 1. The zero-order valence-corrected chi connectivity index (χ0v) is 20.5. The van der Waals surface area contributed by atoms with Gasteiger partial charge in [0.1, 0.15) is 11.5 Å². The third-order valence-electron chi connectivity index (χ3n) is 5.98. The number of nitrogens with zero attached hydrogens (tertiary/aromatic N) is 3. The molecule has 3 N–H and O–H groups in total. The van der Waals surface area contributed by atoms with E-state index in [0.717, 1.165) is 22.6 Å². The molecule has 5 rings (SSSR count). The second-order valence-electron chi connectivity index (χ2n) is 8.34. The highest BCUT2D eigenvalue weighted by molar-refractivity contribution is 7.14. The number of H-pyrrole nitrogens is 1. The number of carbonyl (C=O) groups excluding carboxylic acids is 1. The largest absolute Gasteiger partial charge is 0.378 e. The normalized spacial score (nSPS) is 13.7. The first-order chi connectivity index (χ1) is 17.5. The minimum Gasteiger partial charge on any atom is -0.378 e. The molecule has 0 radical (unpaired) electrons. The van der Waals surface area contributed by atoms with Crippen molar-refractivity contribution in [3.63, 3.8) is 0 Å². The first kappa shape index (κ1) is 23.9. The summed E-state index contributed by atoms with van der Waals surface area (Å²) in [6.45, 7) is 2.65. The van der Waals surface area contributed by atoms with E-state index in [2.05, 4.69) is 30.5 Å². The maximum atomic E-state index is 13.3. The van der Waals surface area contributed by atoms with E-state index in [0.29, 0.717) is 48.2 Å². The Morgan fingerprint density at radius 2 is 1.97 bits per heavy atom. The molecule has 1 amide bonds. The number of aromatic amines is 1. The second-order valence-corrected chi connectivity index (χ2v) is 9.20. The molecule has 11 heteroatoms. The lowest BCUT2D eigenvalue weighted by atomic mass is 10.1. The molecule has 4 aromatic rings. The van der Waals surface area contributed by atoms with Crippen LogP contribution >= 0.6 is 11.3 Å². The quantitative estimate of drug-likeness (QED) is 0.351. The number of anilines is 3. The molecule has 1 saturated heterocycles. The Morgan fingerprint density at radius 3 is 2.72 bits per heavy atom. The maximum absolute atomic E-state index is 13.3. The van der Waals surface area contributed by atoms with Crippen molar-refractivity contribution in [1.82, 2.24) is 20.3 Å². The minimum absolute atomic E-state index is 0.145. The fraction of sp³-hybridized carbons (Fsp3) is 0.280. The number of halogens is 1. The Labute approximate surface area is 210 Å². The van der Waals surface area contributed by atoms with Crippen LogP contribution in [0.5, 0.6) is 0 Å². The van der Waals surface area contributed by atoms with Gasteiger partial charge >= 0.3 is 0 Å². The van der Waals surface area contributed by atoms with E-state index in [1.807, 2.05) is 17.5 Å². The molecule has 1 aliphatic rings. The molecule has 2 aromatic carbocycles. The van der Waals surface area contributed by atoms with Gasteiger partial charge in [-0.3, -0.25) is 9.59 Å². The minimum atomic E-state index is -0.315. The van der Waals surface area contributed by atoms with Crippen molar-refractivity contribution in [2.75, 3.05) is 43.6 Å². The number of aryl methyl sites for hydroxylation is 1. The zero-order chi connectivity index (χ0) is 25.1. The zero-order valence-electron chi connectivity index (χ0n) is 19.6. The van der Waals surface area contributed by atoms with Crippen molar-refractivity contribution in [2.24, 2.45) is 0 Å². The molecule has 36 heavy (non-hydrogen) atoms. The molecule has 0 aliphatic carbocycles. The van der Waals surface area contributed by atoms with Gasteiger partial charge in [-0.15, -0.1) is 11.3 Å². The predicted octanol–water partition coefficient (Wildman–Crippen LogP) is 3.44. The van der Waals surface area contributed by atoms with Crippen LogP contribution in [0.25, 0.3) is 22.3 Å². The molecule has 1 aliphatic heterocycles. The molecule has 9 nitrogen and oxygen atoms in total. The van der Waals surface area contributed by atoms with Gasteiger partial charge in [0.25, 0.3) is 5.56 Å². The first-order valence-electron chi connectivity index (χ1n) is 11.6. The van der Waals surface area contributed by atoms with Crippen LogP contribution in [0.2, 0.25) is 0 Å². The number of carbonyl (C=O) groups is 1. The number of nitrogens with one attached hydrogen (secondary N) is 3.